The van der Waals surface area contributed by atoms with Crippen LogP contribution in [0, 0.1) is 17.1 Å². The van der Waals surface area contributed by atoms with Gasteiger partial charge in [0.05, 0.1) is 11.6 Å². The Kier molecular flexibility index (Phi) is 4.25. The number of carbonyl (C=O) groups excluding carboxylic acids is 1. The van der Waals surface area contributed by atoms with Crippen LogP contribution in [0.4, 0.5) is 10.1 Å². The van der Waals surface area contributed by atoms with E-state index in [1.165, 1.54) is 18.2 Å². The van der Waals surface area contributed by atoms with Crippen LogP contribution in [0.1, 0.15) is 11.1 Å². The summed E-state index contributed by atoms with van der Waals surface area (Å²) in [7, 11) is 0. The summed E-state index contributed by atoms with van der Waals surface area (Å²) in [5.41, 5.74) is 1.32. The summed E-state index contributed by atoms with van der Waals surface area (Å²) >= 11 is 0. The highest BCUT2D eigenvalue weighted by Crippen LogP contribution is 2.11. The predicted molar refractivity (Wildman–Crippen MR) is 75.2 cm³/mol. The van der Waals surface area contributed by atoms with Crippen molar-refractivity contribution in [3.8, 4) is 6.07 Å². The maximum absolute atomic E-state index is 13.3. The van der Waals surface area contributed by atoms with E-state index in [9.17, 15) is 9.18 Å². The van der Waals surface area contributed by atoms with Crippen LogP contribution in [0.15, 0.2) is 54.6 Å². The second kappa shape index (κ2) is 6.30. The van der Waals surface area contributed by atoms with Gasteiger partial charge in [0.15, 0.2) is 0 Å². The Morgan fingerprint density at radius 3 is 2.75 bits per heavy atom. The molecule has 0 atom stereocenters. The second-order valence-corrected chi connectivity index (χ2v) is 4.04. The first-order valence-electron chi connectivity index (χ1n) is 5.93. The third-order valence-corrected chi connectivity index (χ3v) is 2.58. The third-order valence-electron chi connectivity index (χ3n) is 2.58. The molecular weight excluding hydrogens is 255 g/mol. The lowest BCUT2D eigenvalue weighted by Crippen LogP contribution is -2.07. The summed E-state index contributed by atoms with van der Waals surface area (Å²) in [4.78, 5) is 11.7. The van der Waals surface area contributed by atoms with Crippen LogP contribution in [0.2, 0.25) is 0 Å². The number of hydrogen-bond donors (Lipinski definition) is 1. The molecule has 0 saturated heterocycles. The lowest BCUT2D eigenvalue weighted by Gasteiger charge is -2.02. The van der Waals surface area contributed by atoms with E-state index in [2.05, 4.69) is 5.32 Å². The minimum Gasteiger partial charge on any atom is -0.322 e. The number of nitriles is 1. The minimum atomic E-state index is -0.386. The van der Waals surface area contributed by atoms with Gasteiger partial charge in [-0.15, -0.1) is 0 Å². The molecule has 2 aromatic rings. The van der Waals surface area contributed by atoms with E-state index in [-0.39, 0.29) is 11.7 Å². The van der Waals surface area contributed by atoms with Gasteiger partial charge in [-0.25, -0.2) is 4.39 Å². The topological polar surface area (TPSA) is 52.9 Å². The minimum absolute atomic E-state index is 0.341. The van der Waals surface area contributed by atoms with Gasteiger partial charge >= 0.3 is 0 Å². The first-order chi connectivity index (χ1) is 9.69. The molecule has 0 unspecified atom stereocenters. The van der Waals surface area contributed by atoms with E-state index in [1.807, 2.05) is 6.07 Å². The van der Waals surface area contributed by atoms with Crippen molar-refractivity contribution in [1.29, 1.82) is 5.26 Å². The Bertz CT molecular complexity index is 702. The van der Waals surface area contributed by atoms with E-state index < -0.39 is 0 Å². The highest BCUT2D eigenvalue weighted by atomic mass is 19.1. The number of benzene rings is 2. The van der Waals surface area contributed by atoms with Crippen LogP contribution >= 0.6 is 0 Å². The van der Waals surface area contributed by atoms with Crippen molar-refractivity contribution in [2.75, 3.05) is 5.32 Å². The zero-order chi connectivity index (χ0) is 14.4. The van der Waals surface area contributed by atoms with E-state index in [1.54, 1.807) is 42.5 Å². The molecule has 0 aliphatic rings. The number of rotatable bonds is 3. The SMILES string of the molecule is N#Cc1cccc(NC(=O)/C=C/c2ccccc2F)c1. The Labute approximate surface area is 116 Å². The van der Waals surface area contributed by atoms with E-state index in [4.69, 9.17) is 5.26 Å². The van der Waals surface area contributed by atoms with Crippen LogP contribution < -0.4 is 5.32 Å². The van der Waals surface area contributed by atoms with Crippen molar-refractivity contribution < 1.29 is 9.18 Å². The normalized spacial score (nSPS) is 10.2. The molecule has 0 aliphatic carbocycles. The van der Waals surface area contributed by atoms with E-state index in [0.29, 0.717) is 16.8 Å². The molecule has 0 radical (unpaired) electrons. The zero-order valence-electron chi connectivity index (χ0n) is 10.5. The molecule has 0 aliphatic heterocycles. The van der Waals surface area contributed by atoms with Crippen LogP contribution in [-0.2, 0) is 4.79 Å². The Morgan fingerprint density at radius 1 is 1.20 bits per heavy atom. The molecule has 0 bridgehead atoms. The fraction of sp³-hybridized carbons (Fsp3) is 0. The lowest BCUT2D eigenvalue weighted by atomic mass is 10.2. The number of anilines is 1. The zero-order valence-corrected chi connectivity index (χ0v) is 10.5. The third kappa shape index (κ3) is 3.53. The quantitative estimate of drug-likeness (QED) is 0.866. The average molecular weight is 266 g/mol. The molecule has 4 heteroatoms. The summed E-state index contributed by atoms with van der Waals surface area (Å²) in [5.74, 6) is -0.772. The standard InChI is InChI=1S/C16H11FN2O/c17-15-7-2-1-5-13(15)8-9-16(20)19-14-6-3-4-12(10-14)11-18/h1-10H,(H,19,20)/b9-8+. The molecule has 2 rings (SSSR count). The van der Waals surface area contributed by atoms with E-state index >= 15 is 0 Å². The molecule has 20 heavy (non-hydrogen) atoms. The Balaban J connectivity index is 2.06. The van der Waals surface area contributed by atoms with Gasteiger partial charge in [-0.2, -0.15) is 5.26 Å². The highest BCUT2D eigenvalue weighted by Gasteiger charge is 2.00. The van der Waals surface area contributed by atoms with E-state index in [0.717, 1.165) is 0 Å². The summed E-state index contributed by atoms with van der Waals surface area (Å²) < 4.78 is 13.3. The molecule has 1 amide bonds. The van der Waals surface area contributed by atoms with Crippen LogP contribution in [0.5, 0.6) is 0 Å². The Hall–Kier alpha value is -2.93. The van der Waals surface area contributed by atoms with Crippen LogP contribution in [0.3, 0.4) is 0 Å². The molecule has 1 N–H and O–H groups in total. The summed E-state index contributed by atoms with van der Waals surface area (Å²) in [6.07, 6.45) is 2.65. The summed E-state index contributed by atoms with van der Waals surface area (Å²) in [5, 5.41) is 11.4. The first kappa shape index (κ1) is 13.5. The van der Waals surface area contributed by atoms with Gasteiger partial charge in [0.1, 0.15) is 5.82 Å². The van der Waals surface area contributed by atoms with Crippen LogP contribution in [0.25, 0.3) is 6.08 Å². The second-order valence-electron chi connectivity index (χ2n) is 4.04. The van der Waals surface area contributed by atoms with Crippen molar-refractivity contribution >= 4 is 17.7 Å². The van der Waals surface area contributed by atoms with Gasteiger partial charge in [-0.3, -0.25) is 4.79 Å². The number of nitrogens with one attached hydrogen (secondary N) is 1. The highest BCUT2D eigenvalue weighted by molar-refractivity contribution is 6.02. The first-order valence-corrected chi connectivity index (χ1v) is 5.93. The van der Waals surface area contributed by atoms with Crippen molar-refractivity contribution in [2.24, 2.45) is 0 Å². The van der Waals surface area contributed by atoms with Gasteiger partial charge in [0.2, 0.25) is 5.91 Å². The lowest BCUT2D eigenvalue weighted by molar-refractivity contribution is -0.111. The molecular formula is C16H11FN2O. The number of halogens is 1. The number of hydrogen-bond acceptors (Lipinski definition) is 2. The molecule has 2 aromatic carbocycles. The van der Waals surface area contributed by atoms with Gasteiger partial charge < -0.3 is 5.32 Å². The largest absolute Gasteiger partial charge is 0.322 e. The number of amides is 1. The Morgan fingerprint density at radius 2 is 2.00 bits per heavy atom. The molecule has 0 saturated carbocycles. The molecule has 3 nitrogen and oxygen atoms in total. The predicted octanol–water partition coefficient (Wildman–Crippen LogP) is 3.35. The maximum atomic E-state index is 13.3. The molecule has 0 heterocycles. The summed E-state index contributed by atoms with van der Waals surface area (Å²) in [6, 6.07) is 14.7. The average Bonchev–Trinajstić information content (AvgIpc) is 2.46. The van der Waals surface area contributed by atoms with Crippen molar-refractivity contribution in [1.82, 2.24) is 0 Å². The van der Waals surface area contributed by atoms with Crippen molar-refractivity contribution in [3.05, 3.63) is 71.6 Å². The van der Waals surface area contributed by atoms with Gasteiger partial charge in [-0.05, 0) is 30.3 Å². The van der Waals surface area contributed by atoms with Crippen molar-refractivity contribution in [3.63, 3.8) is 0 Å². The molecule has 0 fully saturated rings. The van der Waals surface area contributed by atoms with Gasteiger partial charge in [-0.1, -0.05) is 24.3 Å². The fourth-order valence-electron chi connectivity index (χ4n) is 1.63. The molecule has 0 aromatic heterocycles. The number of carbonyl (C=O) groups is 1. The van der Waals surface area contributed by atoms with Gasteiger partial charge in [0.25, 0.3) is 0 Å². The summed E-state index contributed by atoms with van der Waals surface area (Å²) in [6.45, 7) is 0. The van der Waals surface area contributed by atoms with Gasteiger partial charge in [0, 0.05) is 17.3 Å². The van der Waals surface area contributed by atoms with Crippen LogP contribution in [-0.4, -0.2) is 5.91 Å². The molecule has 0 spiro atoms. The number of nitrogens with zero attached hydrogens (tertiary/aromatic N) is 1. The monoisotopic (exact) mass is 266 g/mol. The maximum Gasteiger partial charge on any atom is 0.248 e. The molecule has 98 valence electrons. The smallest absolute Gasteiger partial charge is 0.248 e. The van der Waals surface area contributed by atoms with Crippen molar-refractivity contribution in [2.45, 2.75) is 0 Å². The fourth-order valence-corrected chi connectivity index (χ4v) is 1.63.